The molecule has 0 radical (unpaired) electrons. The van der Waals surface area contributed by atoms with Crippen LogP contribution in [0.5, 0.6) is 0 Å². The Balaban J connectivity index is 0.00000400. The molecule has 0 aliphatic rings. The third-order valence-electron chi connectivity index (χ3n) is 3.62. The summed E-state index contributed by atoms with van der Waals surface area (Å²) in [5, 5.41) is 2.92. The second kappa shape index (κ2) is 9.77. The molecule has 0 aromatic heterocycles. The van der Waals surface area contributed by atoms with Gasteiger partial charge in [-0.1, -0.05) is 44.2 Å². The zero-order chi connectivity index (χ0) is 15.1. The number of amides is 1. The number of nitrogens with zero attached hydrogens (tertiary/aromatic N) is 1. The maximum Gasteiger partial charge on any atom is 0.237 e. The molecule has 4 nitrogen and oxygen atoms in total. The van der Waals surface area contributed by atoms with Crippen molar-refractivity contribution >= 4 is 18.3 Å². The minimum absolute atomic E-state index is 0. The van der Waals surface area contributed by atoms with Gasteiger partial charge in [0.25, 0.3) is 0 Å². The third-order valence-corrected chi connectivity index (χ3v) is 3.62. The fraction of sp³-hybridized carbons (Fsp3) is 0.562. The Morgan fingerprint density at radius 3 is 2.33 bits per heavy atom. The summed E-state index contributed by atoms with van der Waals surface area (Å²) in [4.78, 5) is 14.0. The lowest BCUT2D eigenvalue weighted by atomic mass is 10.0. The van der Waals surface area contributed by atoms with Crippen LogP contribution in [-0.4, -0.2) is 36.5 Å². The van der Waals surface area contributed by atoms with Crippen molar-refractivity contribution in [3.63, 3.8) is 0 Å². The van der Waals surface area contributed by atoms with Crippen molar-refractivity contribution < 1.29 is 4.79 Å². The number of carbonyl (C=O) groups is 1. The molecule has 5 heteroatoms. The fourth-order valence-corrected chi connectivity index (χ4v) is 1.85. The molecule has 0 saturated carbocycles. The summed E-state index contributed by atoms with van der Waals surface area (Å²) < 4.78 is 0. The van der Waals surface area contributed by atoms with E-state index in [0.717, 1.165) is 6.54 Å². The number of likely N-dealkylation sites (N-methyl/N-ethyl adjacent to an activating group) is 1. The topological polar surface area (TPSA) is 58.4 Å². The number of rotatable bonds is 7. The van der Waals surface area contributed by atoms with Gasteiger partial charge < -0.3 is 11.1 Å². The summed E-state index contributed by atoms with van der Waals surface area (Å²) in [7, 11) is 2.06. The second-order valence-corrected chi connectivity index (χ2v) is 5.76. The summed E-state index contributed by atoms with van der Waals surface area (Å²) in [6, 6.07) is 10.1. The molecule has 1 amide bonds. The fourth-order valence-electron chi connectivity index (χ4n) is 1.85. The van der Waals surface area contributed by atoms with Crippen LogP contribution in [0.2, 0.25) is 0 Å². The van der Waals surface area contributed by atoms with Gasteiger partial charge in [-0.2, -0.15) is 0 Å². The van der Waals surface area contributed by atoms with Crippen molar-refractivity contribution in [3.8, 4) is 0 Å². The number of hydrogen-bond acceptors (Lipinski definition) is 3. The quantitative estimate of drug-likeness (QED) is 0.810. The number of halogens is 1. The molecule has 1 unspecified atom stereocenters. The molecular formula is C16H28ClN3O. The molecule has 3 N–H and O–H groups in total. The molecule has 0 heterocycles. The highest BCUT2D eigenvalue weighted by Crippen LogP contribution is 2.05. The first-order valence-electron chi connectivity index (χ1n) is 7.19. The van der Waals surface area contributed by atoms with E-state index >= 15 is 0 Å². The molecule has 0 spiro atoms. The standard InChI is InChI=1S/C16H27N3O.ClH/c1-12(2)15(17)16(20)18-10-13(3)19(4)11-14-8-6-5-7-9-14;/h5-9,12-13,15H,10-11,17H2,1-4H3,(H,18,20);1H/t13?,15-;/m0./s1. The number of benzene rings is 1. The minimum Gasteiger partial charge on any atom is -0.353 e. The average Bonchev–Trinajstić information content (AvgIpc) is 2.44. The van der Waals surface area contributed by atoms with Crippen molar-refractivity contribution in [2.45, 2.75) is 39.4 Å². The zero-order valence-corrected chi connectivity index (χ0v) is 14.2. The van der Waals surface area contributed by atoms with E-state index in [9.17, 15) is 4.79 Å². The molecule has 1 aromatic rings. The number of hydrogen-bond donors (Lipinski definition) is 2. The van der Waals surface area contributed by atoms with E-state index in [1.54, 1.807) is 0 Å². The van der Waals surface area contributed by atoms with Crippen molar-refractivity contribution in [3.05, 3.63) is 35.9 Å². The molecule has 0 aliphatic heterocycles. The third kappa shape index (κ3) is 6.93. The van der Waals surface area contributed by atoms with Gasteiger partial charge in [0.1, 0.15) is 0 Å². The first-order chi connectivity index (χ1) is 9.41. The van der Waals surface area contributed by atoms with Crippen LogP contribution in [0.15, 0.2) is 30.3 Å². The molecule has 21 heavy (non-hydrogen) atoms. The first kappa shape index (κ1) is 19.9. The molecule has 120 valence electrons. The SMILES string of the molecule is CC(C)[C@H](N)C(=O)NCC(C)N(C)Cc1ccccc1.Cl. The number of nitrogens with two attached hydrogens (primary N) is 1. The highest BCUT2D eigenvalue weighted by atomic mass is 35.5. The van der Waals surface area contributed by atoms with Crippen molar-refractivity contribution in [2.24, 2.45) is 11.7 Å². The summed E-state index contributed by atoms with van der Waals surface area (Å²) >= 11 is 0. The lowest BCUT2D eigenvalue weighted by Gasteiger charge is -2.26. The molecule has 0 aliphatic carbocycles. The predicted molar refractivity (Wildman–Crippen MR) is 90.4 cm³/mol. The van der Waals surface area contributed by atoms with Crippen LogP contribution in [0.1, 0.15) is 26.3 Å². The van der Waals surface area contributed by atoms with Gasteiger partial charge in [0.2, 0.25) is 5.91 Å². The molecule has 1 rings (SSSR count). The molecule has 0 saturated heterocycles. The van der Waals surface area contributed by atoms with Crippen LogP contribution >= 0.6 is 12.4 Å². The zero-order valence-electron chi connectivity index (χ0n) is 13.4. The highest BCUT2D eigenvalue weighted by molar-refractivity contribution is 5.85. The maximum absolute atomic E-state index is 11.8. The molecule has 0 bridgehead atoms. The van der Waals surface area contributed by atoms with Crippen molar-refractivity contribution in [1.29, 1.82) is 0 Å². The Kier molecular flexibility index (Phi) is 9.26. The average molecular weight is 314 g/mol. The molecule has 0 fully saturated rings. The Morgan fingerprint density at radius 1 is 1.24 bits per heavy atom. The van der Waals surface area contributed by atoms with Crippen LogP contribution in [-0.2, 0) is 11.3 Å². The number of carbonyl (C=O) groups excluding carboxylic acids is 1. The van der Waals surface area contributed by atoms with Gasteiger partial charge in [-0.25, -0.2) is 0 Å². The summed E-state index contributed by atoms with van der Waals surface area (Å²) in [5.41, 5.74) is 7.09. The van der Waals surface area contributed by atoms with Gasteiger partial charge in [-0.15, -0.1) is 12.4 Å². The Hall–Kier alpha value is -1.10. The van der Waals surface area contributed by atoms with Crippen LogP contribution in [0.3, 0.4) is 0 Å². The molecule has 1 aromatic carbocycles. The van der Waals surface area contributed by atoms with Crippen LogP contribution in [0.4, 0.5) is 0 Å². The Bertz CT molecular complexity index is 411. The summed E-state index contributed by atoms with van der Waals surface area (Å²) in [5.74, 6) is 0.0901. The van der Waals surface area contributed by atoms with Gasteiger partial charge in [-0.3, -0.25) is 9.69 Å². The smallest absolute Gasteiger partial charge is 0.237 e. The number of nitrogens with one attached hydrogen (secondary N) is 1. The lowest BCUT2D eigenvalue weighted by molar-refractivity contribution is -0.123. The molecule has 2 atom stereocenters. The highest BCUT2D eigenvalue weighted by Gasteiger charge is 2.18. The first-order valence-corrected chi connectivity index (χ1v) is 7.19. The molecular weight excluding hydrogens is 286 g/mol. The van der Waals surface area contributed by atoms with Crippen LogP contribution in [0, 0.1) is 5.92 Å². The van der Waals surface area contributed by atoms with E-state index in [2.05, 4.69) is 36.3 Å². The summed E-state index contributed by atoms with van der Waals surface area (Å²) in [6.07, 6.45) is 0. The van der Waals surface area contributed by atoms with Gasteiger partial charge in [0.05, 0.1) is 6.04 Å². The van der Waals surface area contributed by atoms with Gasteiger partial charge in [0.15, 0.2) is 0 Å². The largest absolute Gasteiger partial charge is 0.353 e. The van der Waals surface area contributed by atoms with E-state index < -0.39 is 6.04 Å². The Labute approximate surface area is 134 Å². The van der Waals surface area contributed by atoms with E-state index in [-0.39, 0.29) is 30.3 Å². The maximum atomic E-state index is 11.8. The van der Waals surface area contributed by atoms with E-state index in [1.165, 1.54) is 5.56 Å². The summed E-state index contributed by atoms with van der Waals surface area (Å²) in [6.45, 7) is 7.49. The lowest BCUT2D eigenvalue weighted by Crippen LogP contribution is -2.48. The monoisotopic (exact) mass is 313 g/mol. The van der Waals surface area contributed by atoms with E-state index in [4.69, 9.17) is 5.73 Å². The van der Waals surface area contributed by atoms with Gasteiger partial charge in [-0.05, 0) is 25.5 Å². The van der Waals surface area contributed by atoms with Crippen LogP contribution < -0.4 is 11.1 Å². The van der Waals surface area contributed by atoms with E-state index in [1.807, 2.05) is 32.0 Å². The normalized spacial score (nSPS) is 13.7. The Morgan fingerprint density at radius 2 is 1.81 bits per heavy atom. The second-order valence-electron chi connectivity index (χ2n) is 5.76. The van der Waals surface area contributed by atoms with Crippen LogP contribution in [0.25, 0.3) is 0 Å². The minimum atomic E-state index is -0.429. The van der Waals surface area contributed by atoms with Crippen molar-refractivity contribution in [2.75, 3.05) is 13.6 Å². The van der Waals surface area contributed by atoms with E-state index in [0.29, 0.717) is 6.54 Å². The van der Waals surface area contributed by atoms with Crippen molar-refractivity contribution in [1.82, 2.24) is 10.2 Å². The van der Waals surface area contributed by atoms with Gasteiger partial charge in [0, 0.05) is 19.1 Å². The predicted octanol–water partition coefficient (Wildman–Crippen LogP) is 2.03. The van der Waals surface area contributed by atoms with Gasteiger partial charge >= 0.3 is 0 Å².